The van der Waals surface area contributed by atoms with Crippen molar-refractivity contribution in [2.45, 2.75) is 20.4 Å². The number of hydrogen-bond donors (Lipinski definition) is 0. The Morgan fingerprint density at radius 2 is 1.63 bits per heavy atom. The van der Waals surface area contributed by atoms with Crippen LogP contribution in [-0.2, 0) is 6.54 Å². The van der Waals surface area contributed by atoms with Crippen LogP contribution in [0.25, 0.3) is 28.1 Å². The summed E-state index contributed by atoms with van der Waals surface area (Å²) in [5, 5.41) is 0. The second-order valence-electron chi connectivity index (χ2n) is 6.63. The van der Waals surface area contributed by atoms with E-state index in [1.165, 1.54) is 0 Å². The Morgan fingerprint density at radius 1 is 0.963 bits per heavy atom. The van der Waals surface area contributed by atoms with Crippen LogP contribution in [-0.4, -0.2) is 44.8 Å². The SMILES string of the molecule is CCN(CC)CCn1c2ccccc2n2c(C=O)c(-c3ccccc3)nc12. The van der Waals surface area contributed by atoms with Gasteiger partial charge in [-0.15, -0.1) is 0 Å². The zero-order chi connectivity index (χ0) is 18.8. The largest absolute Gasteiger partial charge is 0.308 e. The lowest BCUT2D eigenvalue weighted by Gasteiger charge is -2.18. The molecule has 0 N–H and O–H groups in total. The minimum Gasteiger partial charge on any atom is -0.308 e. The second kappa shape index (κ2) is 7.37. The fraction of sp³-hybridized carbons (Fsp3) is 0.273. The van der Waals surface area contributed by atoms with Crippen LogP contribution in [0.4, 0.5) is 0 Å². The van der Waals surface area contributed by atoms with Crippen molar-refractivity contribution in [3.8, 4) is 11.3 Å². The van der Waals surface area contributed by atoms with E-state index in [-0.39, 0.29) is 0 Å². The van der Waals surface area contributed by atoms with E-state index in [0.29, 0.717) is 5.69 Å². The lowest BCUT2D eigenvalue weighted by atomic mass is 10.1. The van der Waals surface area contributed by atoms with Crippen LogP contribution in [0.2, 0.25) is 0 Å². The van der Waals surface area contributed by atoms with E-state index >= 15 is 0 Å². The van der Waals surface area contributed by atoms with Gasteiger partial charge in [0.25, 0.3) is 0 Å². The Balaban J connectivity index is 1.93. The maximum absolute atomic E-state index is 12.0. The molecule has 0 unspecified atom stereocenters. The van der Waals surface area contributed by atoms with E-state index in [1.54, 1.807) is 0 Å². The van der Waals surface area contributed by atoms with E-state index in [9.17, 15) is 4.79 Å². The summed E-state index contributed by atoms with van der Waals surface area (Å²) >= 11 is 0. The quantitative estimate of drug-likeness (QED) is 0.466. The number of aldehydes is 1. The smallest absolute Gasteiger partial charge is 0.216 e. The molecule has 0 aliphatic heterocycles. The highest BCUT2D eigenvalue weighted by molar-refractivity contribution is 5.91. The van der Waals surface area contributed by atoms with Gasteiger partial charge in [-0.1, -0.05) is 56.3 Å². The highest BCUT2D eigenvalue weighted by Crippen LogP contribution is 2.29. The predicted molar refractivity (Wildman–Crippen MR) is 109 cm³/mol. The molecule has 0 saturated heterocycles. The molecule has 0 amide bonds. The molecule has 0 aliphatic carbocycles. The molecule has 0 radical (unpaired) electrons. The summed E-state index contributed by atoms with van der Waals surface area (Å²) in [6.45, 7) is 8.19. The van der Waals surface area contributed by atoms with Crippen molar-refractivity contribution in [1.29, 1.82) is 0 Å². The molecule has 2 aromatic carbocycles. The third kappa shape index (κ3) is 2.94. The van der Waals surface area contributed by atoms with Crippen LogP contribution >= 0.6 is 0 Å². The maximum atomic E-state index is 12.0. The molecule has 4 rings (SSSR count). The van der Waals surface area contributed by atoms with Crippen molar-refractivity contribution >= 4 is 23.1 Å². The second-order valence-corrected chi connectivity index (χ2v) is 6.63. The van der Waals surface area contributed by atoms with Gasteiger partial charge in [0.05, 0.1) is 11.0 Å². The van der Waals surface area contributed by atoms with Crippen LogP contribution in [0.1, 0.15) is 24.3 Å². The average molecular weight is 360 g/mol. The van der Waals surface area contributed by atoms with Crippen molar-refractivity contribution in [3.05, 3.63) is 60.3 Å². The summed E-state index contributed by atoms with van der Waals surface area (Å²) in [5.41, 5.74) is 4.43. The number of aromatic nitrogens is 3. The number of carbonyl (C=O) groups is 1. The normalized spacial score (nSPS) is 11.7. The van der Waals surface area contributed by atoms with Crippen molar-refractivity contribution in [1.82, 2.24) is 18.9 Å². The molecule has 138 valence electrons. The van der Waals surface area contributed by atoms with E-state index in [2.05, 4.69) is 35.4 Å². The molecule has 2 heterocycles. The molecule has 5 heteroatoms. The van der Waals surface area contributed by atoms with Crippen molar-refractivity contribution < 1.29 is 4.79 Å². The van der Waals surface area contributed by atoms with E-state index in [4.69, 9.17) is 4.98 Å². The molecule has 27 heavy (non-hydrogen) atoms. The Labute approximate surface area is 158 Å². The number of likely N-dealkylation sites (N-methyl/N-ethyl adjacent to an activating group) is 1. The molecule has 0 fully saturated rings. The lowest BCUT2D eigenvalue weighted by molar-refractivity contribution is 0.111. The van der Waals surface area contributed by atoms with Crippen LogP contribution in [0.5, 0.6) is 0 Å². The Hall–Kier alpha value is -2.92. The van der Waals surface area contributed by atoms with E-state index < -0.39 is 0 Å². The topological polar surface area (TPSA) is 42.5 Å². The number of hydrogen-bond acceptors (Lipinski definition) is 3. The monoisotopic (exact) mass is 360 g/mol. The molecule has 0 spiro atoms. The first-order chi connectivity index (χ1) is 13.3. The lowest BCUT2D eigenvalue weighted by Crippen LogP contribution is -2.27. The molecule has 4 aromatic rings. The Morgan fingerprint density at radius 3 is 2.30 bits per heavy atom. The number of carbonyl (C=O) groups excluding carboxylic acids is 1. The number of nitrogens with zero attached hydrogens (tertiary/aromatic N) is 4. The fourth-order valence-electron chi connectivity index (χ4n) is 3.75. The van der Waals surface area contributed by atoms with Gasteiger partial charge in [-0.3, -0.25) is 9.20 Å². The minimum atomic E-state index is 0.606. The summed E-state index contributed by atoms with van der Waals surface area (Å²) in [6, 6.07) is 18.1. The minimum absolute atomic E-state index is 0.606. The van der Waals surface area contributed by atoms with E-state index in [1.807, 2.05) is 46.9 Å². The van der Waals surface area contributed by atoms with Gasteiger partial charge in [0.15, 0.2) is 6.29 Å². The zero-order valence-corrected chi connectivity index (χ0v) is 15.8. The van der Waals surface area contributed by atoms with Gasteiger partial charge in [-0.05, 0) is 25.2 Å². The van der Waals surface area contributed by atoms with Gasteiger partial charge in [0.2, 0.25) is 5.78 Å². The first kappa shape index (κ1) is 17.5. The number of imidazole rings is 2. The summed E-state index contributed by atoms with van der Waals surface area (Å²) in [5.74, 6) is 0.823. The number of para-hydroxylation sites is 2. The number of rotatable bonds is 7. The van der Waals surface area contributed by atoms with Crippen LogP contribution in [0.15, 0.2) is 54.6 Å². The molecule has 5 nitrogen and oxygen atoms in total. The molecule has 0 atom stereocenters. The van der Waals surface area contributed by atoms with Crippen LogP contribution in [0.3, 0.4) is 0 Å². The van der Waals surface area contributed by atoms with Crippen molar-refractivity contribution in [2.75, 3.05) is 19.6 Å². The first-order valence-electron chi connectivity index (χ1n) is 9.51. The molecule has 2 aromatic heterocycles. The highest BCUT2D eigenvalue weighted by atomic mass is 16.1. The van der Waals surface area contributed by atoms with Gasteiger partial charge >= 0.3 is 0 Å². The summed E-state index contributed by atoms with van der Waals surface area (Å²) < 4.78 is 4.22. The van der Waals surface area contributed by atoms with Crippen molar-refractivity contribution in [3.63, 3.8) is 0 Å². The Kier molecular flexibility index (Phi) is 4.77. The standard InChI is InChI=1S/C22H24N4O/c1-3-24(4-2)14-15-25-18-12-8-9-13-19(18)26-20(16-27)21(23-22(25)26)17-10-6-5-7-11-17/h5-13,16H,3-4,14-15H2,1-2H3. The van der Waals surface area contributed by atoms with E-state index in [0.717, 1.165) is 60.5 Å². The number of fused-ring (bicyclic) bond motifs is 3. The summed E-state index contributed by atoms with van der Waals surface area (Å²) in [7, 11) is 0. The summed E-state index contributed by atoms with van der Waals surface area (Å²) in [6.07, 6.45) is 0.920. The van der Waals surface area contributed by atoms with Gasteiger partial charge in [-0.25, -0.2) is 4.98 Å². The van der Waals surface area contributed by atoms with Gasteiger partial charge in [0, 0.05) is 18.7 Å². The van der Waals surface area contributed by atoms with Crippen molar-refractivity contribution in [2.24, 2.45) is 0 Å². The molecule has 0 saturated carbocycles. The molecule has 0 bridgehead atoms. The predicted octanol–water partition coefficient (Wildman–Crippen LogP) is 4.11. The molecule has 0 aliphatic rings. The summed E-state index contributed by atoms with van der Waals surface area (Å²) in [4.78, 5) is 19.3. The first-order valence-corrected chi connectivity index (χ1v) is 9.51. The molecular weight excluding hydrogens is 336 g/mol. The molecular formula is C22H24N4O. The highest BCUT2D eigenvalue weighted by Gasteiger charge is 2.20. The van der Waals surface area contributed by atoms with Crippen LogP contribution < -0.4 is 0 Å². The third-order valence-corrected chi connectivity index (χ3v) is 5.24. The maximum Gasteiger partial charge on any atom is 0.216 e. The van der Waals surface area contributed by atoms with Gasteiger partial charge in [-0.2, -0.15) is 0 Å². The zero-order valence-electron chi connectivity index (χ0n) is 15.8. The Bertz CT molecular complexity index is 1070. The van der Waals surface area contributed by atoms with Gasteiger partial charge < -0.3 is 9.47 Å². The van der Waals surface area contributed by atoms with Gasteiger partial charge in [0.1, 0.15) is 11.4 Å². The third-order valence-electron chi connectivity index (χ3n) is 5.24. The number of benzene rings is 2. The fourth-order valence-corrected chi connectivity index (χ4v) is 3.75. The van der Waals surface area contributed by atoms with Crippen LogP contribution in [0, 0.1) is 0 Å². The average Bonchev–Trinajstić information content (AvgIpc) is 3.24.